The van der Waals surface area contributed by atoms with Crippen LogP contribution < -0.4 is 5.32 Å². The maximum absolute atomic E-state index is 11.8. The smallest absolute Gasteiger partial charge is 0.389 e. The quantitative estimate of drug-likeness (QED) is 0.478. The van der Waals surface area contributed by atoms with Gasteiger partial charge in [0.15, 0.2) is 0 Å². The molecule has 0 spiro atoms. The third kappa shape index (κ3) is 18.0. The number of aliphatic hydroxyl groups excluding tert-OH is 1. The van der Waals surface area contributed by atoms with Crippen LogP contribution in [0, 0.1) is 0 Å². The lowest BCUT2D eigenvalue weighted by atomic mass is 10.1. The van der Waals surface area contributed by atoms with Crippen molar-refractivity contribution in [2.75, 3.05) is 32.1 Å². The van der Waals surface area contributed by atoms with Gasteiger partial charge >= 0.3 is 5.51 Å². The van der Waals surface area contributed by atoms with Gasteiger partial charge in [-0.3, -0.25) is 0 Å². The highest BCUT2D eigenvalue weighted by atomic mass is 32.2. The lowest BCUT2D eigenvalue weighted by molar-refractivity contribution is -0.0327. The number of ether oxygens (including phenoxy) is 1. The molecule has 0 bridgehead atoms. The first-order valence-electron chi connectivity index (χ1n) is 7.63. The van der Waals surface area contributed by atoms with Gasteiger partial charge in [-0.2, -0.15) is 13.2 Å². The largest absolute Gasteiger partial charge is 0.441 e. The summed E-state index contributed by atoms with van der Waals surface area (Å²) in [5, 5.41) is 12.3. The van der Waals surface area contributed by atoms with E-state index < -0.39 is 11.6 Å². The van der Waals surface area contributed by atoms with E-state index in [1.54, 1.807) is 0 Å². The Hall–Kier alpha value is 0.0200. The molecule has 3 nitrogen and oxygen atoms in total. The van der Waals surface area contributed by atoms with Gasteiger partial charge in [0.1, 0.15) is 0 Å². The van der Waals surface area contributed by atoms with Gasteiger partial charge in [0, 0.05) is 25.4 Å². The van der Waals surface area contributed by atoms with Crippen LogP contribution in [0.4, 0.5) is 13.2 Å². The molecular formula is C14H28F3NO2S. The Morgan fingerprint density at radius 3 is 2.48 bits per heavy atom. The first kappa shape index (κ1) is 21.0. The minimum absolute atomic E-state index is 0.0468. The van der Waals surface area contributed by atoms with Crippen LogP contribution in [0.3, 0.4) is 0 Å². The molecule has 0 heterocycles. The second kappa shape index (κ2) is 13.7. The van der Waals surface area contributed by atoms with Gasteiger partial charge in [-0.1, -0.05) is 39.0 Å². The lowest BCUT2D eigenvalue weighted by Crippen LogP contribution is -2.32. The molecule has 21 heavy (non-hydrogen) atoms. The minimum Gasteiger partial charge on any atom is -0.389 e. The maximum Gasteiger partial charge on any atom is 0.441 e. The molecule has 7 heteroatoms. The minimum atomic E-state index is -4.18. The van der Waals surface area contributed by atoms with Crippen molar-refractivity contribution in [3.8, 4) is 0 Å². The van der Waals surface area contributed by atoms with Crippen molar-refractivity contribution in [1.29, 1.82) is 0 Å². The monoisotopic (exact) mass is 331 g/mol. The molecule has 1 atom stereocenters. The Morgan fingerprint density at radius 1 is 1.14 bits per heavy atom. The predicted molar refractivity (Wildman–Crippen MR) is 81.6 cm³/mol. The molecule has 0 aromatic carbocycles. The fourth-order valence-electron chi connectivity index (χ4n) is 1.77. The number of aliphatic hydroxyl groups is 1. The topological polar surface area (TPSA) is 41.5 Å². The van der Waals surface area contributed by atoms with E-state index in [4.69, 9.17) is 4.74 Å². The van der Waals surface area contributed by atoms with Crippen LogP contribution in [0.5, 0.6) is 0 Å². The van der Waals surface area contributed by atoms with Crippen molar-refractivity contribution in [3.05, 3.63) is 0 Å². The molecule has 0 rings (SSSR count). The molecule has 128 valence electrons. The molecule has 0 aromatic rings. The van der Waals surface area contributed by atoms with Gasteiger partial charge in [0.2, 0.25) is 0 Å². The van der Waals surface area contributed by atoms with Gasteiger partial charge in [-0.15, -0.1) is 0 Å². The van der Waals surface area contributed by atoms with Crippen LogP contribution in [-0.4, -0.2) is 48.8 Å². The highest BCUT2D eigenvalue weighted by Gasteiger charge is 2.27. The van der Waals surface area contributed by atoms with Gasteiger partial charge in [-0.25, -0.2) is 0 Å². The predicted octanol–water partition coefficient (Wildman–Crippen LogP) is 3.57. The number of rotatable bonds is 14. The van der Waals surface area contributed by atoms with E-state index in [1.807, 2.05) is 0 Å². The zero-order valence-corrected chi connectivity index (χ0v) is 13.6. The van der Waals surface area contributed by atoms with Gasteiger partial charge in [-0.05, 0) is 18.2 Å². The van der Waals surface area contributed by atoms with Crippen LogP contribution in [0.15, 0.2) is 0 Å². The molecule has 1 unspecified atom stereocenters. The number of hydrogen-bond donors (Lipinski definition) is 2. The van der Waals surface area contributed by atoms with Crippen LogP contribution in [0.2, 0.25) is 0 Å². The third-order valence-electron chi connectivity index (χ3n) is 2.88. The van der Waals surface area contributed by atoms with E-state index in [9.17, 15) is 18.3 Å². The van der Waals surface area contributed by atoms with Crippen LogP contribution in [0.1, 0.15) is 45.4 Å². The van der Waals surface area contributed by atoms with Crippen molar-refractivity contribution >= 4 is 11.8 Å². The second-order valence-electron chi connectivity index (χ2n) is 4.99. The van der Waals surface area contributed by atoms with Crippen LogP contribution in [-0.2, 0) is 4.74 Å². The van der Waals surface area contributed by atoms with Crippen LogP contribution >= 0.6 is 11.8 Å². The summed E-state index contributed by atoms with van der Waals surface area (Å²) in [6, 6.07) is 0. The highest BCUT2D eigenvalue weighted by molar-refractivity contribution is 8.00. The van der Waals surface area contributed by atoms with Crippen molar-refractivity contribution in [2.45, 2.75) is 57.1 Å². The molecule has 0 amide bonds. The number of hydrogen-bond acceptors (Lipinski definition) is 4. The Balaban J connectivity index is 3.22. The average molecular weight is 331 g/mol. The van der Waals surface area contributed by atoms with E-state index in [1.165, 1.54) is 25.7 Å². The summed E-state index contributed by atoms with van der Waals surface area (Å²) in [4.78, 5) is 0. The summed E-state index contributed by atoms with van der Waals surface area (Å²) in [5.41, 5.74) is -4.18. The fraction of sp³-hybridized carbons (Fsp3) is 1.00. The standard InChI is InChI=1S/C14H28F3NO2S/c1-2-3-4-5-6-7-9-20-12-13(19)11-18-8-10-21-14(15,16)17/h13,18-19H,2-12H2,1H3. The molecule has 0 aliphatic heterocycles. The maximum atomic E-state index is 11.8. The van der Waals surface area contributed by atoms with Crippen molar-refractivity contribution in [3.63, 3.8) is 0 Å². The van der Waals surface area contributed by atoms with E-state index in [0.717, 1.165) is 12.8 Å². The van der Waals surface area contributed by atoms with Crippen LogP contribution in [0.25, 0.3) is 0 Å². The number of halogens is 3. The Bertz CT molecular complexity index is 231. The van der Waals surface area contributed by atoms with Gasteiger partial charge in [0.05, 0.1) is 12.7 Å². The average Bonchev–Trinajstić information content (AvgIpc) is 2.40. The summed E-state index contributed by atoms with van der Waals surface area (Å²) in [6.07, 6.45) is 6.46. The van der Waals surface area contributed by atoms with Crippen molar-refractivity contribution in [2.24, 2.45) is 0 Å². The molecule has 0 aliphatic rings. The molecule has 0 saturated carbocycles. The molecule has 0 radical (unpaired) electrons. The van der Waals surface area contributed by atoms with Gasteiger partial charge in [0.25, 0.3) is 0 Å². The fourth-order valence-corrected chi connectivity index (χ4v) is 2.25. The molecular weight excluding hydrogens is 303 g/mol. The summed E-state index contributed by atoms with van der Waals surface area (Å²) in [7, 11) is 0. The SMILES string of the molecule is CCCCCCCCOCC(O)CNCCSC(F)(F)F. The zero-order valence-electron chi connectivity index (χ0n) is 12.8. The number of nitrogens with one attached hydrogen (secondary N) is 1. The van der Waals surface area contributed by atoms with Crippen molar-refractivity contribution in [1.82, 2.24) is 5.32 Å². The van der Waals surface area contributed by atoms with E-state index in [0.29, 0.717) is 6.61 Å². The zero-order chi connectivity index (χ0) is 16.0. The molecule has 0 saturated heterocycles. The second-order valence-corrected chi connectivity index (χ2v) is 6.15. The Morgan fingerprint density at radius 2 is 1.81 bits per heavy atom. The Kier molecular flexibility index (Phi) is 13.7. The summed E-state index contributed by atoms with van der Waals surface area (Å²) in [6.45, 7) is 3.52. The van der Waals surface area contributed by atoms with E-state index in [2.05, 4.69) is 12.2 Å². The summed E-state index contributed by atoms with van der Waals surface area (Å²) in [5.74, 6) is -0.0468. The molecule has 0 aromatic heterocycles. The number of alkyl halides is 3. The molecule has 0 fully saturated rings. The van der Waals surface area contributed by atoms with Gasteiger partial charge < -0.3 is 15.2 Å². The highest BCUT2D eigenvalue weighted by Crippen LogP contribution is 2.29. The Labute approximate surface area is 130 Å². The third-order valence-corrected chi connectivity index (χ3v) is 3.61. The molecule has 0 aliphatic carbocycles. The summed E-state index contributed by atoms with van der Waals surface area (Å²) < 4.78 is 40.9. The molecule has 2 N–H and O–H groups in total. The first-order valence-corrected chi connectivity index (χ1v) is 8.61. The first-order chi connectivity index (χ1) is 9.95. The number of thioether (sulfide) groups is 1. The number of unbranched alkanes of at least 4 members (excludes halogenated alkanes) is 5. The lowest BCUT2D eigenvalue weighted by Gasteiger charge is -2.12. The van der Waals surface area contributed by atoms with E-state index >= 15 is 0 Å². The normalized spacial score (nSPS) is 13.6. The summed E-state index contributed by atoms with van der Waals surface area (Å²) >= 11 is -0.0577. The van der Waals surface area contributed by atoms with Crippen molar-refractivity contribution < 1.29 is 23.0 Å². The van der Waals surface area contributed by atoms with E-state index in [-0.39, 0.29) is 37.2 Å².